The first-order chi connectivity index (χ1) is 10.1. The molecular formula is C14H23N3O3S. The third-order valence-corrected chi connectivity index (χ3v) is 3.78. The second-order valence-electron chi connectivity index (χ2n) is 4.52. The minimum atomic E-state index is -0.386. The molecule has 1 rings (SSSR count). The molecule has 0 bridgehead atoms. The molecule has 2 N–H and O–H groups in total. The summed E-state index contributed by atoms with van der Waals surface area (Å²) in [6.45, 7) is 7.20. The highest BCUT2D eigenvalue weighted by molar-refractivity contribution is 7.11. The Labute approximate surface area is 129 Å². The van der Waals surface area contributed by atoms with Gasteiger partial charge in [0.15, 0.2) is 5.69 Å². The zero-order valence-electron chi connectivity index (χ0n) is 12.8. The van der Waals surface area contributed by atoms with E-state index in [1.54, 1.807) is 6.92 Å². The van der Waals surface area contributed by atoms with Gasteiger partial charge < -0.3 is 15.4 Å². The Bertz CT molecular complexity index is 474. The highest BCUT2D eigenvalue weighted by Crippen LogP contribution is 2.18. The average molecular weight is 313 g/mol. The van der Waals surface area contributed by atoms with Crippen LogP contribution in [-0.2, 0) is 11.2 Å². The van der Waals surface area contributed by atoms with E-state index in [1.807, 2.05) is 6.92 Å². The van der Waals surface area contributed by atoms with E-state index in [1.165, 1.54) is 11.3 Å². The molecule has 0 radical (unpaired) electrons. The number of nitrogens with one attached hydrogen (secondary N) is 2. The van der Waals surface area contributed by atoms with E-state index in [-0.39, 0.29) is 12.0 Å². The Kier molecular flexibility index (Phi) is 7.74. The summed E-state index contributed by atoms with van der Waals surface area (Å²) in [6.07, 6.45) is 2.63. The summed E-state index contributed by atoms with van der Waals surface area (Å²) in [7, 11) is 0. The van der Waals surface area contributed by atoms with Gasteiger partial charge in [-0.1, -0.05) is 13.3 Å². The van der Waals surface area contributed by atoms with E-state index in [4.69, 9.17) is 4.74 Å². The van der Waals surface area contributed by atoms with E-state index < -0.39 is 0 Å². The number of carbonyl (C=O) groups excluding carboxylic acids is 2. The van der Waals surface area contributed by atoms with E-state index in [9.17, 15) is 9.59 Å². The van der Waals surface area contributed by atoms with Crippen molar-refractivity contribution < 1.29 is 14.3 Å². The molecule has 7 heteroatoms. The summed E-state index contributed by atoms with van der Waals surface area (Å²) in [6, 6.07) is -0.164. The maximum absolute atomic E-state index is 11.6. The van der Waals surface area contributed by atoms with Gasteiger partial charge in [-0.2, -0.15) is 0 Å². The lowest BCUT2D eigenvalue weighted by Crippen LogP contribution is -2.37. The zero-order valence-corrected chi connectivity index (χ0v) is 13.6. The van der Waals surface area contributed by atoms with Gasteiger partial charge in [-0.25, -0.2) is 14.6 Å². The molecule has 0 spiro atoms. The molecule has 1 heterocycles. The number of thiazole rings is 1. The SMILES string of the molecule is CCCCNC(=O)NCCc1nc(C(=O)OCC)c(C)s1. The van der Waals surface area contributed by atoms with Crippen molar-refractivity contribution in [2.45, 2.75) is 40.0 Å². The van der Waals surface area contributed by atoms with Crippen molar-refractivity contribution in [3.8, 4) is 0 Å². The number of esters is 1. The second kappa shape index (κ2) is 9.33. The van der Waals surface area contributed by atoms with Gasteiger partial charge in [-0.15, -0.1) is 11.3 Å². The molecule has 0 fully saturated rings. The summed E-state index contributed by atoms with van der Waals surface area (Å²) in [5.41, 5.74) is 0.379. The highest BCUT2D eigenvalue weighted by atomic mass is 32.1. The van der Waals surface area contributed by atoms with Crippen LogP contribution in [0.3, 0.4) is 0 Å². The predicted octanol–water partition coefficient (Wildman–Crippen LogP) is 2.27. The fourth-order valence-corrected chi connectivity index (χ4v) is 2.59. The summed E-state index contributed by atoms with van der Waals surface area (Å²) < 4.78 is 4.95. The topological polar surface area (TPSA) is 80.3 Å². The second-order valence-corrected chi connectivity index (χ2v) is 5.81. The number of aromatic nitrogens is 1. The lowest BCUT2D eigenvalue weighted by molar-refractivity contribution is 0.0519. The molecule has 1 aromatic rings. The summed E-state index contributed by atoms with van der Waals surface area (Å²) >= 11 is 1.46. The standard InChI is InChI=1S/C14H23N3O3S/c1-4-6-8-15-14(19)16-9-7-11-17-12(10(3)21-11)13(18)20-5-2/h4-9H2,1-3H3,(H2,15,16,19). The molecule has 0 aromatic carbocycles. The number of aryl methyl sites for hydroxylation is 1. The van der Waals surface area contributed by atoms with Crippen LogP contribution in [0.2, 0.25) is 0 Å². The Morgan fingerprint density at radius 3 is 2.62 bits per heavy atom. The summed E-state index contributed by atoms with van der Waals surface area (Å²) in [5.74, 6) is -0.386. The average Bonchev–Trinajstić information content (AvgIpc) is 2.80. The zero-order chi connectivity index (χ0) is 15.7. The van der Waals surface area contributed by atoms with Gasteiger partial charge in [0.2, 0.25) is 0 Å². The molecule has 118 valence electrons. The van der Waals surface area contributed by atoms with Crippen molar-refractivity contribution in [2.75, 3.05) is 19.7 Å². The predicted molar refractivity (Wildman–Crippen MR) is 82.8 cm³/mol. The third kappa shape index (κ3) is 6.12. The number of rotatable bonds is 8. The normalized spacial score (nSPS) is 10.2. The van der Waals surface area contributed by atoms with Gasteiger partial charge in [0.1, 0.15) is 0 Å². The van der Waals surface area contributed by atoms with Gasteiger partial charge in [0.05, 0.1) is 11.6 Å². The van der Waals surface area contributed by atoms with Crippen LogP contribution in [0.25, 0.3) is 0 Å². The third-order valence-electron chi connectivity index (χ3n) is 2.75. The number of carbonyl (C=O) groups is 2. The Morgan fingerprint density at radius 2 is 1.95 bits per heavy atom. The first-order valence-electron chi connectivity index (χ1n) is 7.23. The summed E-state index contributed by atoms with van der Waals surface area (Å²) in [4.78, 5) is 28.2. The molecule has 0 saturated carbocycles. The molecule has 6 nitrogen and oxygen atoms in total. The van der Waals surface area contributed by atoms with Crippen LogP contribution in [0.5, 0.6) is 0 Å². The Morgan fingerprint density at radius 1 is 1.24 bits per heavy atom. The van der Waals surface area contributed by atoms with Crippen molar-refractivity contribution in [3.05, 3.63) is 15.6 Å². The van der Waals surface area contributed by atoms with Crippen molar-refractivity contribution in [1.82, 2.24) is 15.6 Å². The lowest BCUT2D eigenvalue weighted by Gasteiger charge is -2.05. The van der Waals surface area contributed by atoms with Crippen LogP contribution in [-0.4, -0.2) is 36.7 Å². The molecule has 0 aliphatic heterocycles. The van der Waals surface area contributed by atoms with Crippen molar-refractivity contribution in [1.29, 1.82) is 0 Å². The lowest BCUT2D eigenvalue weighted by atomic mass is 10.3. The molecule has 0 aliphatic carbocycles. The molecule has 0 aliphatic rings. The molecule has 0 saturated heterocycles. The molecule has 2 amide bonds. The van der Waals surface area contributed by atoms with Crippen LogP contribution in [0.1, 0.15) is 47.1 Å². The number of urea groups is 1. The fraction of sp³-hybridized carbons (Fsp3) is 0.643. The number of hydrogen-bond donors (Lipinski definition) is 2. The minimum Gasteiger partial charge on any atom is -0.461 e. The first kappa shape index (κ1) is 17.4. The van der Waals surface area contributed by atoms with Gasteiger partial charge in [-0.3, -0.25) is 0 Å². The minimum absolute atomic E-state index is 0.164. The molecule has 0 unspecified atom stereocenters. The molecular weight excluding hydrogens is 290 g/mol. The van der Waals surface area contributed by atoms with Gasteiger partial charge in [-0.05, 0) is 20.3 Å². The van der Waals surface area contributed by atoms with E-state index in [0.29, 0.717) is 31.8 Å². The van der Waals surface area contributed by atoms with Crippen LogP contribution < -0.4 is 10.6 Å². The van der Waals surface area contributed by atoms with Crippen molar-refractivity contribution >= 4 is 23.3 Å². The Balaban J connectivity index is 2.37. The molecule has 1 aromatic heterocycles. The summed E-state index contributed by atoms with van der Waals surface area (Å²) in [5, 5.41) is 6.38. The monoisotopic (exact) mass is 313 g/mol. The number of ether oxygens (including phenoxy) is 1. The number of amides is 2. The number of nitrogens with zero attached hydrogens (tertiary/aromatic N) is 1. The van der Waals surface area contributed by atoms with Crippen LogP contribution in [0.15, 0.2) is 0 Å². The Hall–Kier alpha value is -1.63. The maximum Gasteiger partial charge on any atom is 0.358 e. The fourth-order valence-electron chi connectivity index (χ4n) is 1.67. The highest BCUT2D eigenvalue weighted by Gasteiger charge is 2.16. The molecule has 21 heavy (non-hydrogen) atoms. The first-order valence-corrected chi connectivity index (χ1v) is 8.05. The van der Waals surface area contributed by atoms with Gasteiger partial charge in [0.25, 0.3) is 0 Å². The quantitative estimate of drug-likeness (QED) is 0.570. The number of unbranched alkanes of at least 4 members (excludes halogenated alkanes) is 1. The smallest absolute Gasteiger partial charge is 0.358 e. The largest absolute Gasteiger partial charge is 0.461 e. The maximum atomic E-state index is 11.6. The van der Waals surface area contributed by atoms with Crippen molar-refractivity contribution in [2.24, 2.45) is 0 Å². The van der Waals surface area contributed by atoms with E-state index in [2.05, 4.69) is 22.5 Å². The van der Waals surface area contributed by atoms with Gasteiger partial charge >= 0.3 is 12.0 Å². The van der Waals surface area contributed by atoms with E-state index in [0.717, 1.165) is 22.7 Å². The van der Waals surface area contributed by atoms with Crippen LogP contribution in [0.4, 0.5) is 4.79 Å². The van der Waals surface area contributed by atoms with Crippen molar-refractivity contribution in [3.63, 3.8) is 0 Å². The number of hydrogen-bond acceptors (Lipinski definition) is 5. The van der Waals surface area contributed by atoms with Gasteiger partial charge in [0, 0.05) is 24.4 Å². The van der Waals surface area contributed by atoms with E-state index >= 15 is 0 Å². The molecule has 0 atom stereocenters. The van der Waals surface area contributed by atoms with Crippen LogP contribution >= 0.6 is 11.3 Å². The van der Waals surface area contributed by atoms with Crippen LogP contribution in [0, 0.1) is 6.92 Å².